The van der Waals surface area contributed by atoms with Gasteiger partial charge in [0.05, 0.1) is 12.1 Å². The largest absolute Gasteiger partial charge is 0.197 e. The molecule has 9 heavy (non-hydrogen) atoms. The minimum Gasteiger partial charge on any atom is -0.197 e. The number of nitrogens with zero attached hydrogens (tertiary/aromatic N) is 2. The average molecular weight is 118 g/mol. The van der Waals surface area contributed by atoms with Crippen molar-refractivity contribution in [2.24, 2.45) is 11.3 Å². The zero-order chi connectivity index (χ0) is 6.91. The van der Waals surface area contributed by atoms with E-state index in [1.807, 2.05) is 12.1 Å². The van der Waals surface area contributed by atoms with Gasteiger partial charge in [0.25, 0.3) is 0 Å². The van der Waals surface area contributed by atoms with Crippen molar-refractivity contribution in [3.63, 3.8) is 0 Å². The number of allylic oxidation sites excluding steroid dienone is 1. The van der Waals surface area contributed by atoms with Crippen molar-refractivity contribution in [1.82, 2.24) is 0 Å². The Morgan fingerprint density at radius 1 is 1.56 bits per heavy atom. The molecule has 0 heterocycles. The van der Waals surface area contributed by atoms with Gasteiger partial charge in [-0.2, -0.15) is 10.5 Å². The van der Waals surface area contributed by atoms with Crippen molar-refractivity contribution in [2.75, 3.05) is 0 Å². The van der Waals surface area contributed by atoms with E-state index in [-0.39, 0.29) is 5.92 Å². The van der Waals surface area contributed by atoms with Gasteiger partial charge >= 0.3 is 0 Å². The Bertz CT molecular complexity index is 202. The van der Waals surface area contributed by atoms with Gasteiger partial charge in [0.1, 0.15) is 0 Å². The van der Waals surface area contributed by atoms with Crippen molar-refractivity contribution in [2.45, 2.75) is 6.42 Å². The molecule has 2 heteroatoms. The van der Waals surface area contributed by atoms with Crippen LogP contribution in [0.1, 0.15) is 6.42 Å². The van der Waals surface area contributed by atoms with Crippen LogP contribution in [0, 0.1) is 34.0 Å². The quantitative estimate of drug-likeness (QED) is 0.486. The van der Waals surface area contributed by atoms with Crippen molar-refractivity contribution in [1.29, 1.82) is 10.5 Å². The summed E-state index contributed by atoms with van der Waals surface area (Å²) in [5.41, 5.74) is -0.707. The third-order valence-electron chi connectivity index (χ3n) is 1.70. The molecule has 0 N–H and O–H groups in total. The third-order valence-corrected chi connectivity index (χ3v) is 1.70. The van der Waals surface area contributed by atoms with Crippen LogP contribution in [0.5, 0.6) is 0 Å². The van der Waals surface area contributed by atoms with Gasteiger partial charge in [0.15, 0.2) is 5.41 Å². The maximum absolute atomic E-state index is 8.44. The summed E-state index contributed by atoms with van der Waals surface area (Å²) in [6.45, 7) is 3.51. The maximum Gasteiger partial charge on any atom is 0.150 e. The lowest BCUT2D eigenvalue weighted by molar-refractivity contribution is 0.827. The molecule has 1 aliphatic carbocycles. The lowest BCUT2D eigenvalue weighted by Gasteiger charge is -1.86. The van der Waals surface area contributed by atoms with E-state index in [4.69, 9.17) is 10.5 Å². The molecule has 1 atom stereocenters. The molecule has 0 bridgehead atoms. The predicted octanol–water partition coefficient (Wildman–Crippen LogP) is 1.23. The maximum atomic E-state index is 8.44. The summed E-state index contributed by atoms with van der Waals surface area (Å²) < 4.78 is 0. The van der Waals surface area contributed by atoms with Gasteiger partial charge in [-0.25, -0.2) is 0 Å². The molecule has 1 unspecified atom stereocenters. The zero-order valence-electron chi connectivity index (χ0n) is 4.96. The van der Waals surface area contributed by atoms with Gasteiger partial charge in [0, 0.05) is 5.92 Å². The average Bonchev–Trinajstić information content (AvgIpc) is 2.63. The number of rotatable bonds is 1. The van der Waals surface area contributed by atoms with Crippen molar-refractivity contribution < 1.29 is 0 Å². The second-order valence-corrected chi connectivity index (χ2v) is 2.24. The Morgan fingerprint density at radius 2 is 2.11 bits per heavy atom. The number of nitriles is 2. The molecule has 0 radical (unpaired) electrons. The first-order chi connectivity index (χ1) is 4.29. The molecule has 0 amide bonds. The number of hydrogen-bond donors (Lipinski definition) is 0. The van der Waals surface area contributed by atoms with E-state index in [1.54, 1.807) is 6.08 Å². The second kappa shape index (κ2) is 1.60. The zero-order valence-corrected chi connectivity index (χ0v) is 4.96. The van der Waals surface area contributed by atoms with Crippen LogP contribution in [0.25, 0.3) is 0 Å². The van der Waals surface area contributed by atoms with Crippen LogP contribution in [0.15, 0.2) is 12.7 Å². The molecule has 2 nitrogen and oxygen atoms in total. The van der Waals surface area contributed by atoms with Crippen LogP contribution in [-0.4, -0.2) is 0 Å². The van der Waals surface area contributed by atoms with Gasteiger partial charge < -0.3 is 0 Å². The summed E-state index contributed by atoms with van der Waals surface area (Å²) in [6, 6.07) is 3.94. The van der Waals surface area contributed by atoms with Crippen LogP contribution in [0.3, 0.4) is 0 Å². The lowest BCUT2D eigenvalue weighted by atomic mass is 10.1. The van der Waals surface area contributed by atoms with Crippen LogP contribution >= 0.6 is 0 Å². The minimum absolute atomic E-state index is 0.118. The summed E-state index contributed by atoms with van der Waals surface area (Å²) >= 11 is 0. The monoisotopic (exact) mass is 118 g/mol. The fourth-order valence-corrected chi connectivity index (χ4v) is 0.855. The first-order valence-corrected chi connectivity index (χ1v) is 2.74. The SMILES string of the molecule is C=CC1CC1(C#N)C#N. The van der Waals surface area contributed by atoms with E-state index in [9.17, 15) is 0 Å². The van der Waals surface area contributed by atoms with E-state index < -0.39 is 5.41 Å². The van der Waals surface area contributed by atoms with Gasteiger partial charge in [-0.3, -0.25) is 0 Å². The molecule has 1 aliphatic rings. The second-order valence-electron chi connectivity index (χ2n) is 2.24. The molecule has 44 valence electrons. The minimum atomic E-state index is -0.707. The summed E-state index contributed by atoms with van der Waals surface area (Å²) in [6.07, 6.45) is 2.34. The molecule has 0 spiro atoms. The molecular weight excluding hydrogens is 112 g/mol. The van der Waals surface area contributed by atoms with Gasteiger partial charge in [-0.15, -0.1) is 6.58 Å². The Morgan fingerprint density at radius 3 is 2.22 bits per heavy atom. The normalized spacial score (nSPS) is 27.6. The summed E-state index contributed by atoms with van der Waals surface area (Å²) in [4.78, 5) is 0. The Balaban J connectivity index is 2.74. The smallest absolute Gasteiger partial charge is 0.150 e. The van der Waals surface area contributed by atoms with Gasteiger partial charge in [0.2, 0.25) is 0 Å². The third kappa shape index (κ3) is 0.606. The molecule has 1 rings (SSSR count). The topological polar surface area (TPSA) is 47.6 Å². The van der Waals surface area contributed by atoms with Crippen LogP contribution in [0.4, 0.5) is 0 Å². The van der Waals surface area contributed by atoms with Crippen molar-refractivity contribution in [3.05, 3.63) is 12.7 Å². The van der Waals surface area contributed by atoms with Crippen LogP contribution < -0.4 is 0 Å². The molecule has 0 aromatic carbocycles. The fraction of sp³-hybridized carbons (Fsp3) is 0.429. The molecule has 1 saturated carbocycles. The van der Waals surface area contributed by atoms with E-state index in [0.717, 1.165) is 0 Å². The molecule has 0 saturated heterocycles. The Hall–Kier alpha value is -1.28. The summed E-state index contributed by atoms with van der Waals surface area (Å²) in [5, 5.41) is 16.9. The van der Waals surface area contributed by atoms with E-state index in [0.29, 0.717) is 6.42 Å². The standard InChI is InChI=1S/C7H6N2/c1-2-6-3-7(6,4-8)5-9/h2,6H,1,3H2. The van der Waals surface area contributed by atoms with Crippen molar-refractivity contribution in [3.8, 4) is 12.1 Å². The highest BCUT2D eigenvalue weighted by molar-refractivity contribution is 5.31. The highest BCUT2D eigenvalue weighted by Crippen LogP contribution is 2.51. The molecule has 0 aliphatic heterocycles. The van der Waals surface area contributed by atoms with E-state index in [1.165, 1.54) is 0 Å². The Kier molecular flexibility index (Phi) is 1.04. The number of hydrogen-bond acceptors (Lipinski definition) is 2. The van der Waals surface area contributed by atoms with E-state index in [2.05, 4.69) is 6.58 Å². The molecule has 1 fully saturated rings. The van der Waals surface area contributed by atoms with Crippen LogP contribution in [0.2, 0.25) is 0 Å². The molecule has 0 aromatic heterocycles. The molecular formula is C7H6N2. The predicted molar refractivity (Wildman–Crippen MR) is 32.0 cm³/mol. The lowest BCUT2D eigenvalue weighted by Crippen LogP contribution is -1.92. The van der Waals surface area contributed by atoms with Gasteiger partial charge in [-0.1, -0.05) is 6.08 Å². The molecule has 0 aromatic rings. The Labute approximate surface area is 54.0 Å². The first-order valence-electron chi connectivity index (χ1n) is 2.74. The van der Waals surface area contributed by atoms with Gasteiger partial charge in [-0.05, 0) is 6.42 Å². The fourth-order valence-electron chi connectivity index (χ4n) is 0.855. The highest BCUT2D eigenvalue weighted by atomic mass is 14.6. The first kappa shape index (κ1) is 5.85. The highest BCUT2D eigenvalue weighted by Gasteiger charge is 2.54. The summed E-state index contributed by atoms with van der Waals surface area (Å²) in [5.74, 6) is 0.118. The van der Waals surface area contributed by atoms with Crippen LogP contribution in [-0.2, 0) is 0 Å². The van der Waals surface area contributed by atoms with Crippen molar-refractivity contribution >= 4 is 0 Å². The summed E-state index contributed by atoms with van der Waals surface area (Å²) in [7, 11) is 0. The van der Waals surface area contributed by atoms with E-state index >= 15 is 0 Å².